The Kier molecular flexibility index (Phi) is 5.38. The maximum Gasteiger partial charge on any atom is 0.346 e. The molecule has 2 saturated heterocycles. The summed E-state index contributed by atoms with van der Waals surface area (Å²) in [7, 11) is 0. The first kappa shape index (κ1) is 18.6. The Morgan fingerprint density at radius 1 is 1.21 bits per heavy atom. The van der Waals surface area contributed by atoms with Gasteiger partial charge >= 0.3 is 5.69 Å². The predicted molar refractivity (Wildman–Crippen MR) is 103 cm³/mol. The van der Waals surface area contributed by atoms with Crippen molar-refractivity contribution < 1.29 is 14.3 Å². The largest absolute Gasteiger partial charge is 0.381 e. The van der Waals surface area contributed by atoms with Crippen LogP contribution in [0.3, 0.4) is 0 Å². The van der Waals surface area contributed by atoms with Crippen molar-refractivity contribution in [2.45, 2.75) is 19.3 Å². The zero-order valence-corrected chi connectivity index (χ0v) is 15.6. The fourth-order valence-corrected chi connectivity index (χ4v) is 3.89. The standard InChI is InChI=1S/C20H24N4O4/c25-18(14-7-10-28-12-14)21-11-13-5-8-24(9-6-13)19(26)17-15-3-1-2-4-16(15)22-20(27)23-17/h1-4,13-14H,5-12H2,(H,21,25)(H,22,23,27)/t14-/m0/s1. The summed E-state index contributed by atoms with van der Waals surface area (Å²) in [4.78, 5) is 45.2. The predicted octanol–water partition coefficient (Wildman–Crippen LogP) is 0.928. The van der Waals surface area contributed by atoms with Crippen LogP contribution in [0.25, 0.3) is 10.9 Å². The first-order valence-corrected chi connectivity index (χ1v) is 9.75. The van der Waals surface area contributed by atoms with Gasteiger partial charge in [0.2, 0.25) is 5.91 Å². The normalized spacial score (nSPS) is 20.4. The number of aromatic nitrogens is 2. The fourth-order valence-electron chi connectivity index (χ4n) is 3.89. The number of nitrogens with one attached hydrogen (secondary N) is 2. The molecule has 148 valence electrons. The third-order valence-corrected chi connectivity index (χ3v) is 5.61. The minimum atomic E-state index is -0.518. The van der Waals surface area contributed by atoms with Crippen molar-refractivity contribution >= 4 is 22.7 Å². The monoisotopic (exact) mass is 384 g/mol. The molecule has 1 aromatic heterocycles. The molecule has 0 aliphatic carbocycles. The number of piperidine rings is 1. The van der Waals surface area contributed by atoms with Crippen molar-refractivity contribution in [3.8, 4) is 0 Å². The van der Waals surface area contributed by atoms with Gasteiger partial charge in [-0.2, -0.15) is 4.98 Å². The summed E-state index contributed by atoms with van der Waals surface area (Å²) in [6.45, 7) is 2.98. The van der Waals surface area contributed by atoms with Crippen LogP contribution < -0.4 is 11.0 Å². The van der Waals surface area contributed by atoms with E-state index >= 15 is 0 Å². The molecule has 2 aromatic rings. The van der Waals surface area contributed by atoms with Gasteiger partial charge in [0.15, 0.2) is 0 Å². The van der Waals surface area contributed by atoms with Gasteiger partial charge < -0.3 is 19.9 Å². The van der Waals surface area contributed by atoms with Gasteiger partial charge in [-0.25, -0.2) is 4.79 Å². The van der Waals surface area contributed by atoms with Crippen LogP contribution in [-0.2, 0) is 9.53 Å². The molecule has 2 N–H and O–H groups in total. The molecule has 8 nitrogen and oxygen atoms in total. The minimum absolute atomic E-state index is 0.0304. The fraction of sp³-hybridized carbons (Fsp3) is 0.500. The molecule has 0 spiro atoms. The number of ether oxygens (including phenoxy) is 1. The summed E-state index contributed by atoms with van der Waals surface area (Å²) in [5.41, 5.74) is 0.294. The molecule has 0 bridgehead atoms. The Morgan fingerprint density at radius 3 is 2.75 bits per heavy atom. The van der Waals surface area contributed by atoms with E-state index in [1.807, 2.05) is 12.1 Å². The SMILES string of the molecule is O=C(NCC1CCN(C(=O)c2nc(=O)[nH]c3ccccc23)CC1)[C@H]1CCOC1. The molecule has 8 heteroatoms. The van der Waals surface area contributed by atoms with Crippen molar-refractivity contribution in [3.05, 3.63) is 40.4 Å². The van der Waals surface area contributed by atoms with Gasteiger partial charge in [0.05, 0.1) is 18.0 Å². The van der Waals surface area contributed by atoms with Gasteiger partial charge in [-0.3, -0.25) is 9.59 Å². The van der Waals surface area contributed by atoms with Crippen LogP contribution in [0.15, 0.2) is 29.1 Å². The van der Waals surface area contributed by atoms with E-state index in [1.54, 1.807) is 17.0 Å². The third kappa shape index (κ3) is 3.91. The second kappa shape index (κ2) is 8.10. The van der Waals surface area contributed by atoms with E-state index in [1.165, 1.54) is 0 Å². The van der Waals surface area contributed by atoms with Gasteiger partial charge in [-0.1, -0.05) is 18.2 Å². The lowest BCUT2D eigenvalue weighted by Gasteiger charge is -2.32. The number of aromatic amines is 1. The van der Waals surface area contributed by atoms with Gasteiger partial charge in [0, 0.05) is 31.6 Å². The number of benzene rings is 1. The zero-order chi connectivity index (χ0) is 19.5. The van der Waals surface area contributed by atoms with E-state index in [9.17, 15) is 14.4 Å². The summed E-state index contributed by atoms with van der Waals surface area (Å²) >= 11 is 0. The van der Waals surface area contributed by atoms with E-state index in [0.717, 1.165) is 19.3 Å². The summed E-state index contributed by atoms with van der Waals surface area (Å²) in [6, 6.07) is 7.19. The van der Waals surface area contributed by atoms with Crippen molar-refractivity contribution in [2.75, 3.05) is 32.8 Å². The summed E-state index contributed by atoms with van der Waals surface area (Å²) in [6.07, 6.45) is 2.42. The quantitative estimate of drug-likeness (QED) is 0.816. The first-order chi connectivity index (χ1) is 13.6. The Balaban J connectivity index is 1.35. The third-order valence-electron chi connectivity index (χ3n) is 5.61. The summed E-state index contributed by atoms with van der Waals surface area (Å²) < 4.78 is 5.26. The van der Waals surface area contributed by atoms with Crippen molar-refractivity contribution in [1.82, 2.24) is 20.2 Å². The number of likely N-dealkylation sites (tertiary alicyclic amines) is 1. The average molecular weight is 384 g/mol. The molecule has 3 heterocycles. The van der Waals surface area contributed by atoms with E-state index in [-0.39, 0.29) is 23.4 Å². The average Bonchev–Trinajstić information content (AvgIpc) is 3.26. The summed E-state index contributed by atoms with van der Waals surface area (Å²) in [5.74, 6) is 0.166. The highest BCUT2D eigenvalue weighted by atomic mass is 16.5. The number of para-hydroxylation sites is 1. The molecule has 2 aliphatic heterocycles. The molecule has 2 fully saturated rings. The second-order valence-electron chi connectivity index (χ2n) is 7.48. The number of rotatable bonds is 4. The number of amides is 2. The van der Waals surface area contributed by atoms with Crippen molar-refractivity contribution in [1.29, 1.82) is 0 Å². The molecule has 2 aliphatic rings. The Morgan fingerprint density at radius 2 is 2.00 bits per heavy atom. The van der Waals surface area contributed by atoms with Crippen molar-refractivity contribution in [2.24, 2.45) is 11.8 Å². The van der Waals surface area contributed by atoms with Crippen molar-refractivity contribution in [3.63, 3.8) is 0 Å². The summed E-state index contributed by atoms with van der Waals surface area (Å²) in [5, 5.41) is 3.67. The van der Waals surface area contributed by atoms with Gasteiger partial charge in [0.1, 0.15) is 5.69 Å². The van der Waals surface area contributed by atoms with Crippen LogP contribution in [0.5, 0.6) is 0 Å². The maximum absolute atomic E-state index is 12.9. The van der Waals surface area contributed by atoms with E-state index in [0.29, 0.717) is 49.7 Å². The molecule has 1 aromatic carbocycles. The molecular weight excluding hydrogens is 360 g/mol. The van der Waals surface area contributed by atoms with Gasteiger partial charge in [-0.05, 0) is 31.2 Å². The van der Waals surface area contributed by atoms with Crippen LogP contribution in [0.1, 0.15) is 29.8 Å². The molecule has 0 unspecified atom stereocenters. The van der Waals surface area contributed by atoms with Crippen LogP contribution in [-0.4, -0.2) is 59.5 Å². The minimum Gasteiger partial charge on any atom is -0.381 e. The number of fused-ring (bicyclic) bond motifs is 1. The molecule has 4 rings (SSSR count). The maximum atomic E-state index is 12.9. The number of carbonyl (C=O) groups excluding carboxylic acids is 2. The zero-order valence-electron chi connectivity index (χ0n) is 15.6. The number of hydrogen-bond acceptors (Lipinski definition) is 5. The number of nitrogens with zero attached hydrogens (tertiary/aromatic N) is 2. The number of carbonyl (C=O) groups is 2. The van der Waals surface area contributed by atoms with E-state index in [2.05, 4.69) is 15.3 Å². The second-order valence-corrected chi connectivity index (χ2v) is 7.48. The highest BCUT2D eigenvalue weighted by Gasteiger charge is 2.28. The Hall–Kier alpha value is -2.74. The lowest BCUT2D eigenvalue weighted by atomic mass is 9.96. The van der Waals surface area contributed by atoms with Crippen LogP contribution in [0, 0.1) is 11.8 Å². The van der Waals surface area contributed by atoms with Crippen LogP contribution in [0.2, 0.25) is 0 Å². The molecule has 28 heavy (non-hydrogen) atoms. The smallest absolute Gasteiger partial charge is 0.346 e. The van der Waals surface area contributed by atoms with E-state index in [4.69, 9.17) is 4.74 Å². The first-order valence-electron chi connectivity index (χ1n) is 9.75. The topological polar surface area (TPSA) is 104 Å². The molecular formula is C20H24N4O4. The van der Waals surface area contributed by atoms with Gasteiger partial charge in [0.25, 0.3) is 5.91 Å². The Labute approximate surface area is 162 Å². The Bertz CT molecular complexity index is 927. The number of H-pyrrole nitrogens is 1. The van der Waals surface area contributed by atoms with E-state index < -0.39 is 5.69 Å². The highest BCUT2D eigenvalue weighted by Crippen LogP contribution is 2.21. The molecule has 2 amide bonds. The molecule has 0 radical (unpaired) electrons. The lowest BCUT2D eigenvalue weighted by Crippen LogP contribution is -2.43. The van der Waals surface area contributed by atoms with Crippen LogP contribution in [0.4, 0.5) is 0 Å². The lowest BCUT2D eigenvalue weighted by molar-refractivity contribution is -0.125. The molecule has 0 saturated carbocycles. The van der Waals surface area contributed by atoms with Gasteiger partial charge in [-0.15, -0.1) is 0 Å². The molecule has 1 atom stereocenters. The van der Waals surface area contributed by atoms with Crippen LogP contribution >= 0.6 is 0 Å². The highest BCUT2D eigenvalue weighted by molar-refractivity contribution is 6.04. The number of hydrogen-bond donors (Lipinski definition) is 2.